The maximum Gasteiger partial charge on any atom is 0.416 e. The SMILES string of the molecule is Cc1ccc2c(c1)c(C1=CS(=O)(=O)c3cc(C(F)(F)F)ccc31)c(C)n2CC(=O)O. The molecule has 0 bridgehead atoms. The average molecular weight is 435 g/mol. The number of nitrogens with zero attached hydrogens (tertiary/aromatic N) is 1. The number of carboxylic acids is 1. The molecule has 0 radical (unpaired) electrons. The summed E-state index contributed by atoms with van der Waals surface area (Å²) in [6.07, 6.45) is -4.67. The number of alkyl halides is 3. The highest BCUT2D eigenvalue weighted by Gasteiger charge is 2.36. The molecule has 0 spiro atoms. The molecule has 0 aliphatic carbocycles. The summed E-state index contributed by atoms with van der Waals surface area (Å²) in [7, 11) is -4.08. The summed E-state index contributed by atoms with van der Waals surface area (Å²) in [5.74, 6) is -1.06. The first kappa shape index (κ1) is 20.2. The van der Waals surface area contributed by atoms with E-state index in [0.717, 1.165) is 23.1 Å². The van der Waals surface area contributed by atoms with Crippen molar-refractivity contribution in [1.29, 1.82) is 0 Å². The quantitative estimate of drug-likeness (QED) is 0.656. The summed E-state index contributed by atoms with van der Waals surface area (Å²) < 4.78 is 66.2. The van der Waals surface area contributed by atoms with E-state index in [1.165, 1.54) is 0 Å². The predicted octanol–water partition coefficient (Wildman–Crippen LogP) is 4.54. The molecule has 0 saturated heterocycles. The first-order valence-electron chi connectivity index (χ1n) is 8.90. The van der Waals surface area contributed by atoms with Gasteiger partial charge in [0, 0.05) is 38.7 Å². The number of aryl methyl sites for hydroxylation is 1. The Balaban J connectivity index is 2.03. The van der Waals surface area contributed by atoms with Gasteiger partial charge < -0.3 is 9.67 Å². The van der Waals surface area contributed by atoms with Crippen LogP contribution in [0.1, 0.15) is 27.9 Å². The molecule has 0 amide bonds. The largest absolute Gasteiger partial charge is 0.480 e. The van der Waals surface area contributed by atoms with Crippen molar-refractivity contribution in [1.82, 2.24) is 4.57 Å². The van der Waals surface area contributed by atoms with Crippen LogP contribution in [0.3, 0.4) is 0 Å². The van der Waals surface area contributed by atoms with Gasteiger partial charge >= 0.3 is 12.1 Å². The van der Waals surface area contributed by atoms with E-state index >= 15 is 0 Å². The van der Waals surface area contributed by atoms with Crippen molar-refractivity contribution < 1.29 is 31.5 Å². The first-order chi connectivity index (χ1) is 13.9. The molecule has 0 unspecified atom stereocenters. The van der Waals surface area contributed by atoms with Crippen molar-refractivity contribution in [3.05, 3.63) is 69.8 Å². The van der Waals surface area contributed by atoms with Crippen LogP contribution in [0.2, 0.25) is 0 Å². The molecule has 3 aromatic rings. The van der Waals surface area contributed by atoms with Crippen molar-refractivity contribution in [3.8, 4) is 0 Å². The number of carbonyl (C=O) groups is 1. The van der Waals surface area contributed by atoms with E-state index in [2.05, 4.69) is 0 Å². The van der Waals surface area contributed by atoms with E-state index in [1.54, 1.807) is 17.6 Å². The molecule has 156 valence electrons. The Bertz CT molecular complexity index is 1370. The van der Waals surface area contributed by atoms with Gasteiger partial charge in [0.15, 0.2) is 0 Å². The molecule has 9 heteroatoms. The van der Waals surface area contributed by atoms with E-state index in [-0.39, 0.29) is 17.7 Å². The molecule has 30 heavy (non-hydrogen) atoms. The third-order valence-corrected chi connectivity index (χ3v) is 6.72. The number of hydrogen-bond donors (Lipinski definition) is 1. The van der Waals surface area contributed by atoms with Gasteiger partial charge in [-0.3, -0.25) is 4.79 Å². The van der Waals surface area contributed by atoms with E-state index in [0.29, 0.717) is 28.2 Å². The number of aliphatic carboxylic acids is 1. The fourth-order valence-electron chi connectivity index (χ4n) is 3.91. The van der Waals surface area contributed by atoms with Crippen molar-refractivity contribution in [3.63, 3.8) is 0 Å². The van der Waals surface area contributed by atoms with Gasteiger partial charge in [0.05, 0.1) is 10.5 Å². The number of benzene rings is 2. The highest BCUT2D eigenvalue weighted by molar-refractivity contribution is 7.95. The Morgan fingerprint density at radius 3 is 2.43 bits per heavy atom. The van der Waals surface area contributed by atoms with Crippen LogP contribution in [-0.2, 0) is 27.4 Å². The zero-order valence-corrected chi connectivity index (χ0v) is 16.7. The zero-order valence-electron chi connectivity index (χ0n) is 15.9. The van der Waals surface area contributed by atoms with Crippen molar-refractivity contribution in [2.75, 3.05) is 0 Å². The summed E-state index contributed by atoms with van der Waals surface area (Å²) >= 11 is 0. The van der Waals surface area contributed by atoms with E-state index in [4.69, 9.17) is 0 Å². The number of fused-ring (bicyclic) bond motifs is 2. The van der Waals surface area contributed by atoms with Crippen molar-refractivity contribution >= 4 is 32.3 Å². The molecular weight excluding hydrogens is 419 g/mol. The number of rotatable bonds is 3. The standard InChI is InChI=1S/C21H16F3NO4S/c1-11-3-6-17-15(7-11)20(12(2)25(17)9-19(26)27)16-10-30(28,29)18-8-13(21(22,23)24)4-5-14(16)18/h3-8,10H,9H2,1-2H3,(H,26,27). The third kappa shape index (κ3) is 3.09. The molecule has 2 heterocycles. The second-order valence-corrected chi connectivity index (χ2v) is 9.01. The van der Waals surface area contributed by atoms with Gasteiger partial charge in [0.1, 0.15) is 6.54 Å². The second kappa shape index (κ2) is 6.46. The minimum absolute atomic E-state index is 0.169. The van der Waals surface area contributed by atoms with Crippen LogP contribution < -0.4 is 0 Å². The molecule has 1 aromatic heterocycles. The predicted molar refractivity (Wildman–Crippen MR) is 105 cm³/mol. The molecular formula is C21H16F3NO4S. The van der Waals surface area contributed by atoms with Crippen LogP contribution in [0.15, 0.2) is 46.7 Å². The van der Waals surface area contributed by atoms with Crippen LogP contribution in [0, 0.1) is 13.8 Å². The minimum Gasteiger partial charge on any atom is -0.480 e. The Morgan fingerprint density at radius 2 is 1.80 bits per heavy atom. The highest BCUT2D eigenvalue weighted by Crippen LogP contribution is 2.44. The van der Waals surface area contributed by atoms with Gasteiger partial charge in [-0.25, -0.2) is 8.42 Å². The molecule has 1 aliphatic heterocycles. The van der Waals surface area contributed by atoms with Crippen LogP contribution >= 0.6 is 0 Å². The lowest BCUT2D eigenvalue weighted by Crippen LogP contribution is -2.10. The zero-order chi connectivity index (χ0) is 22.0. The van der Waals surface area contributed by atoms with Gasteiger partial charge in [0.2, 0.25) is 9.84 Å². The fourth-order valence-corrected chi connectivity index (χ4v) is 5.37. The number of hydrogen-bond acceptors (Lipinski definition) is 3. The van der Waals surface area contributed by atoms with Crippen molar-refractivity contribution in [2.45, 2.75) is 31.5 Å². The van der Waals surface area contributed by atoms with Gasteiger partial charge in [0.25, 0.3) is 0 Å². The third-order valence-electron chi connectivity index (χ3n) is 5.22. The lowest BCUT2D eigenvalue weighted by atomic mass is 9.95. The normalized spacial score (nSPS) is 15.3. The Labute approximate surface area is 170 Å². The Hall–Kier alpha value is -3.07. The molecule has 4 rings (SSSR count). The lowest BCUT2D eigenvalue weighted by molar-refractivity contribution is -0.138. The molecule has 2 aromatic carbocycles. The summed E-state index contributed by atoms with van der Waals surface area (Å²) in [6, 6.07) is 8.03. The molecule has 1 N–H and O–H groups in total. The van der Waals surface area contributed by atoms with Crippen LogP contribution in [0.5, 0.6) is 0 Å². The Morgan fingerprint density at radius 1 is 1.10 bits per heavy atom. The minimum atomic E-state index is -4.67. The molecule has 1 aliphatic rings. The van der Waals surface area contributed by atoms with E-state index in [1.807, 2.05) is 19.1 Å². The molecule has 5 nitrogen and oxygen atoms in total. The Kier molecular flexibility index (Phi) is 4.36. The second-order valence-electron chi connectivity index (χ2n) is 7.25. The maximum absolute atomic E-state index is 13.1. The fraction of sp³-hybridized carbons (Fsp3) is 0.190. The topological polar surface area (TPSA) is 76.4 Å². The smallest absolute Gasteiger partial charge is 0.416 e. The van der Waals surface area contributed by atoms with Gasteiger partial charge in [-0.15, -0.1) is 0 Å². The molecule has 0 atom stereocenters. The van der Waals surface area contributed by atoms with Gasteiger partial charge in [-0.05, 0) is 38.1 Å². The summed E-state index contributed by atoms with van der Waals surface area (Å²) in [4.78, 5) is 11.0. The average Bonchev–Trinajstić information content (AvgIpc) is 3.04. The molecule has 0 fully saturated rings. The van der Waals surface area contributed by atoms with Crippen LogP contribution in [-0.4, -0.2) is 24.1 Å². The maximum atomic E-state index is 13.1. The number of halogens is 3. The van der Waals surface area contributed by atoms with E-state index in [9.17, 15) is 31.5 Å². The summed E-state index contributed by atoms with van der Waals surface area (Å²) in [5, 5.41) is 10.9. The van der Waals surface area contributed by atoms with Crippen molar-refractivity contribution in [2.24, 2.45) is 0 Å². The van der Waals surface area contributed by atoms with Crippen LogP contribution in [0.4, 0.5) is 13.2 Å². The van der Waals surface area contributed by atoms with Gasteiger partial charge in [-0.2, -0.15) is 13.2 Å². The van der Waals surface area contributed by atoms with Gasteiger partial charge in [-0.1, -0.05) is 17.7 Å². The first-order valence-corrected chi connectivity index (χ1v) is 10.4. The summed E-state index contributed by atoms with van der Waals surface area (Å²) in [6.45, 7) is 3.19. The number of aromatic nitrogens is 1. The highest BCUT2D eigenvalue weighted by atomic mass is 32.2. The number of carboxylic acid groups (broad SMARTS) is 1. The number of sulfone groups is 1. The lowest BCUT2D eigenvalue weighted by Gasteiger charge is -2.10. The molecule has 0 saturated carbocycles. The van der Waals surface area contributed by atoms with E-state index < -0.39 is 32.4 Å². The summed E-state index contributed by atoms with van der Waals surface area (Å²) in [5.41, 5.74) is 1.89. The van der Waals surface area contributed by atoms with Crippen LogP contribution in [0.25, 0.3) is 16.5 Å². The monoisotopic (exact) mass is 435 g/mol.